The minimum Gasteiger partial charge on any atom is -0.497 e. The number of carbonyl (C=O) groups is 1. The molecule has 0 aliphatic carbocycles. The zero-order valence-electron chi connectivity index (χ0n) is 15.7. The highest BCUT2D eigenvalue weighted by molar-refractivity contribution is 9.10. The number of rotatable bonds is 5. The van der Waals surface area contributed by atoms with E-state index >= 15 is 0 Å². The van der Waals surface area contributed by atoms with Crippen LogP contribution in [0.25, 0.3) is 0 Å². The quantitative estimate of drug-likeness (QED) is 0.589. The molecule has 0 bridgehead atoms. The van der Waals surface area contributed by atoms with Gasteiger partial charge in [-0.1, -0.05) is 12.1 Å². The number of furan rings is 1. The van der Waals surface area contributed by atoms with Crippen LogP contribution in [0.1, 0.15) is 40.7 Å². The summed E-state index contributed by atoms with van der Waals surface area (Å²) in [6, 6.07) is 11.6. The van der Waals surface area contributed by atoms with Gasteiger partial charge in [-0.2, -0.15) is 0 Å². The van der Waals surface area contributed by atoms with Crippen LogP contribution in [-0.4, -0.2) is 40.6 Å². The number of halogens is 1. The number of carbonyl (C=O) groups excluding carboxylic acids is 1. The van der Waals surface area contributed by atoms with Gasteiger partial charge in [0.15, 0.2) is 10.4 Å². The maximum atomic E-state index is 12.5. The van der Waals surface area contributed by atoms with Crippen molar-refractivity contribution in [1.29, 1.82) is 0 Å². The van der Waals surface area contributed by atoms with Crippen LogP contribution in [0, 0.1) is 0 Å². The van der Waals surface area contributed by atoms with E-state index in [-0.39, 0.29) is 5.91 Å². The maximum Gasteiger partial charge on any atom is 0.289 e. The fourth-order valence-corrected chi connectivity index (χ4v) is 3.97. The number of likely N-dealkylation sites (tertiary alicyclic amines) is 1. The second-order valence-corrected chi connectivity index (χ2v) is 7.71. The Morgan fingerprint density at radius 3 is 2.61 bits per heavy atom. The lowest BCUT2D eigenvalue weighted by molar-refractivity contribution is 0.0677. The molecule has 1 aromatic carbocycles. The van der Waals surface area contributed by atoms with E-state index in [1.165, 1.54) is 5.56 Å². The van der Waals surface area contributed by atoms with Crippen LogP contribution in [0.5, 0.6) is 5.75 Å². The maximum absolute atomic E-state index is 12.5. The van der Waals surface area contributed by atoms with Crippen molar-refractivity contribution in [3.05, 3.63) is 70.6 Å². The molecule has 0 N–H and O–H groups in total. The Hall–Kier alpha value is -2.54. The minimum absolute atomic E-state index is 0.0503. The van der Waals surface area contributed by atoms with Crippen LogP contribution in [0.15, 0.2) is 57.9 Å². The van der Waals surface area contributed by atoms with Gasteiger partial charge in [0.05, 0.1) is 7.11 Å². The number of aromatic nitrogens is 2. The summed E-state index contributed by atoms with van der Waals surface area (Å²) in [6.45, 7) is 2.19. The van der Waals surface area contributed by atoms with Gasteiger partial charge in [0, 0.05) is 37.9 Å². The number of ether oxygens (including phenoxy) is 1. The number of methoxy groups -OCH3 is 1. The van der Waals surface area contributed by atoms with Crippen LogP contribution in [0.2, 0.25) is 0 Å². The van der Waals surface area contributed by atoms with E-state index in [2.05, 4.69) is 37.6 Å². The van der Waals surface area contributed by atoms with Gasteiger partial charge in [-0.05, 0) is 58.6 Å². The Morgan fingerprint density at radius 2 is 1.96 bits per heavy atom. The van der Waals surface area contributed by atoms with Crippen molar-refractivity contribution in [2.45, 2.75) is 25.3 Å². The molecule has 1 aliphatic heterocycles. The van der Waals surface area contributed by atoms with Crippen LogP contribution >= 0.6 is 15.9 Å². The van der Waals surface area contributed by atoms with E-state index in [1.54, 1.807) is 19.2 Å². The number of piperidine rings is 1. The molecule has 28 heavy (non-hydrogen) atoms. The Balaban J connectivity index is 1.40. The summed E-state index contributed by atoms with van der Waals surface area (Å²) >= 11 is 3.25. The topological polar surface area (TPSA) is 60.5 Å². The molecule has 6 nitrogen and oxygen atoms in total. The largest absolute Gasteiger partial charge is 0.497 e. The molecule has 1 saturated heterocycles. The molecule has 2 aromatic heterocycles. The molecule has 0 radical (unpaired) electrons. The van der Waals surface area contributed by atoms with Crippen LogP contribution < -0.4 is 4.74 Å². The predicted molar refractivity (Wildman–Crippen MR) is 109 cm³/mol. The van der Waals surface area contributed by atoms with Crippen LogP contribution in [-0.2, 0) is 6.54 Å². The lowest BCUT2D eigenvalue weighted by atomic mass is 9.95. The van der Waals surface area contributed by atoms with Crippen molar-refractivity contribution >= 4 is 21.8 Å². The molecule has 0 saturated carbocycles. The molecular weight excluding hydrogens is 422 g/mol. The second-order valence-electron chi connectivity index (χ2n) is 6.93. The molecule has 1 fully saturated rings. The molecule has 4 rings (SSSR count). The monoisotopic (exact) mass is 443 g/mol. The first-order valence-corrected chi connectivity index (χ1v) is 10.1. The lowest BCUT2D eigenvalue weighted by Crippen LogP contribution is -2.38. The van der Waals surface area contributed by atoms with Gasteiger partial charge in [0.25, 0.3) is 5.91 Å². The number of benzene rings is 1. The Labute approximate surface area is 172 Å². The number of hydrogen-bond acceptors (Lipinski definition) is 4. The number of amides is 1. The van der Waals surface area contributed by atoms with E-state index in [4.69, 9.17) is 9.15 Å². The molecule has 3 heterocycles. The molecular formula is C21H22BrN3O3. The summed E-state index contributed by atoms with van der Waals surface area (Å²) in [6.07, 6.45) is 5.68. The summed E-state index contributed by atoms with van der Waals surface area (Å²) in [4.78, 5) is 19.0. The molecule has 0 atom stereocenters. The molecule has 146 valence electrons. The van der Waals surface area contributed by atoms with Crippen molar-refractivity contribution in [1.82, 2.24) is 14.5 Å². The Morgan fingerprint density at radius 1 is 1.21 bits per heavy atom. The van der Waals surface area contributed by atoms with E-state index in [9.17, 15) is 4.79 Å². The van der Waals surface area contributed by atoms with Crippen LogP contribution in [0.3, 0.4) is 0 Å². The smallest absolute Gasteiger partial charge is 0.289 e. The highest BCUT2D eigenvalue weighted by Crippen LogP contribution is 2.28. The lowest BCUT2D eigenvalue weighted by Gasteiger charge is -2.31. The minimum atomic E-state index is -0.0503. The SMILES string of the molecule is COc1ccc(Cn2ccnc2C2CCN(C(=O)c3ccc(Br)o3)CC2)cc1. The number of imidazole rings is 1. The fraction of sp³-hybridized carbons (Fsp3) is 0.333. The van der Waals surface area contributed by atoms with Gasteiger partial charge in [0.1, 0.15) is 11.6 Å². The predicted octanol–water partition coefficient (Wildman–Crippen LogP) is 4.32. The molecule has 3 aromatic rings. The molecule has 1 aliphatic rings. The summed E-state index contributed by atoms with van der Waals surface area (Å²) in [7, 11) is 1.67. The van der Waals surface area contributed by atoms with Crippen molar-refractivity contribution in [3.63, 3.8) is 0 Å². The van der Waals surface area contributed by atoms with Gasteiger partial charge in [0.2, 0.25) is 0 Å². The van der Waals surface area contributed by atoms with E-state index < -0.39 is 0 Å². The van der Waals surface area contributed by atoms with Gasteiger partial charge < -0.3 is 18.6 Å². The number of hydrogen-bond donors (Lipinski definition) is 0. The summed E-state index contributed by atoms with van der Waals surface area (Å²) in [5, 5.41) is 0. The average Bonchev–Trinajstić information content (AvgIpc) is 3.37. The normalized spacial score (nSPS) is 15.0. The third-order valence-corrected chi connectivity index (χ3v) is 5.62. The second kappa shape index (κ2) is 8.22. The molecule has 0 unspecified atom stereocenters. The van der Waals surface area contributed by atoms with Gasteiger partial charge in [-0.3, -0.25) is 4.79 Å². The summed E-state index contributed by atoms with van der Waals surface area (Å²) in [5.74, 6) is 2.62. The van der Waals surface area contributed by atoms with Crippen molar-refractivity contribution in [2.24, 2.45) is 0 Å². The summed E-state index contributed by atoms with van der Waals surface area (Å²) < 4.78 is 13.4. The summed E-state index contributed by atoms with van der Waals surface area (Å²) in [5.41, 5.74) is 1.20. The van der Waals surface area contributed by atoms with Crippen molar-refractivity contribution in [2.75, 3.05) is 20.2 Å². The first kappa shape index (κ1) is 18.8. The van der Waals surface area contributed by atoms with Gasteiger partial charge in [-0.15, -0.1) is 0 Å². The van der Waals surface area contributed by atoms with Crippen molar-refractivity contribution in [3.8, 4) is 5.75 Å². The van der Waals surface area contributed by atoms with Crippen LogP contribution in [0.4, 0.5) is 0 Å². The molecule has 1 amide bonds. The third kappa shape index (κ3) is 3.99. The van der Waals surface area contributed by atoms with E-state index in [0.717, 1.165) is 31.0 Å². The van der Waals surface area contributed by atoms with Crippen molar-refractivity contribution < 1.29 is 13.9 Å². The zero-order valence-corrected chi connectivity index (χ0v) is 17.3. The molecule has 7 heteroatoms. The van der Waals surface area contributed by atoms with Gasteiger partial charge >= 0.3 is 0 Å². The highest BCUT2D eigenvalue weighted by atomic mass is 79.9. The first-order chi connectivity index (χ1) is 13.6. The zero-order chi connectivity index (χ0) is 19.5. The Bertz CT molecular complexity index is 940. The third-order valence-electron chi connectivity index (χ3n) is 5.19. The Kier molecular flexibility index (Phi) is 5.52. The van der Waals surface area contributed by atoms with E-state index in [1.807, 2.05) is 29.4 Å². The van der Waals surface area contributed by atoms with Gasteiger partial charge in [-0.25, -0.2) is 4.98 Å². The average molecular weight is 444 g/mol. The standard InChI is InChI=1S/C21H22BrN3O3/c1-27-17-4-2-15(3-5-17)14-25-13-10-23-20(25)16-8-11-24(12-9-16)21(26)18-6-7-19(22)28-18/h2-7,10,13,16H,8-9,11-12,14H2,1H3. The number of nitrogens with zero attached hydrogens (tertiary/aromatic N) is 3. The fourth-order valence-electron chi connectivity index (χ4n) is 3.67. The highest BCUT2D eigenvalue weighted by Gasteiger charge is 2.28. The first-order valence-electron chi connectivity index (χ1n) is 9.32. The van der Waals surface area contributed by atoms with E-state index in [0.29, 0.717) is 29.4 Å². The molecule has 0 spiro atoms.